The fourth-order valence-corrected chi connectivity index (χ4v) is 3.32. The number of nitrogens with zero attached hydrogens (tertiary/aromatic N) is 3. The quantitative estimate of drug-likeness (QED) is 0.790. The number of amides is 1. The summed E-state index contributed by atoms with van der Waals surface area (Å²) >= 11 is 0. The Balaban J connectivity index is 1.65. The van der Waals surface area contributed by atoms with E-state index >= 15 is 0 Å². The van der Waals surface area contributed by atoms with Crippen molar-refractivity contribution in [3.63, 3.8) is 0 Å². The highest BCUT2D eigenvalue weighted by molar-refractivity contribution is 5.98. The van der Waals surface area contributed by atoms with Crippen molar-refractivity contribution in [3.05, 3.63) is 54.0 Å². The Morgan fingerprint density at radius 1 is 1.36 bits per heavy atom. The van der Waals surface area contributed by atoms with Crippen molar-refractivity contribution >= 4 is 16.8 Å². The monoisotopic (exact) mass is 294 g/mol. The molecule has 1 atom stereocenters. The summed E-state index contributed by atoms with van der Waals surface area (Å²) in [6.45, 7) is 0.807. The summed E-state index contributed by atoms with van der Waals surface area (Å²) in [6, 6.07) is 8.00. The third-order valence-electron chi connectivity index (χ3n) is 4.43. The Morgan fingerprint density at radius 2 is 2.27 bits per heavy atom. The first-order valence-corrected chi connectivity index (χ1v) is 7.59. The predicted octanol–water partition coefficient (Wildman–Crippen LogP) is 2.88. The second kappa shape index (κ2) is 5.02. The number of H-pyrrole nitrogens is 1. The Hall–Kier alpha value is -2.56. The van der Waals surface area contributed by atoms with Crippen LogP contribution in [0.2, 0.25) is 0 Å². The smallest absolute Gasteiger partial charge is 0.254 e. The van der Waals surface area contributed by atoms with Crippen molar-refractivity contribution in [2.75, 3.05) is 6.54 Å². The zero-order valence-electron chi connectivity index (χ0n) is 12.5. The molecular weight excluding hydrogens is 276 g/mol. The molecular formula is C17H18N4O. The van der Waals surface area contributed by atoms with Gasteiger partial charge in [0.2, 0.25) is 0 Å². The van der Waals surface area contributed by atoms with Crippen LogP contribution in [-0.2, 0) is 7.05 Å². The maximum atomic E-state index is 12.9. The van der Waals surface area contributed by atoms with E-state index in [2.05, 4.69) is 10.1 Å². The number of rotatable bonds is 2. The largest absolute Gasteiger partial charge is 0.361 e. The van der Waals surface area contributed by atoms with Crippen LogP contribution in [0.1, 0.15) is 34.8 Å². The molecule has 5 nitrogen and oxygen atoms in total. The van der Waals surface area contributed by atoms with Crippen molar-refractivity contribution in [3.8, 4) is 0 Å². The number of aromatic nitrogens is 3. The summed E-state index contributed by atoms with van der Waals surface area (Å²) in [5.41, 5.74) is 2.86. The van der Waals surface area contributed by atoms with Gasteiger partial charge in [-0.25, -0.2) is 0 Å². The van der Waals surface area contributed by atoms with Gasteiger partial charge in [-0.2, -0.15) is 5.10 Å². The molecule has 0 spiro atoms. The standard InChI is InChI=1S/C17H18N4O/c1-20-11-14(10-19-20)16-3-2-8-21(16)17(22)13-5-4-12-6-7-18-15(12)9-13/h4-7,9-11,16,18H,2-3,8H2,1H3. The fraction of sp³-hybridized carbons (Fsp3) is 0.294. The molecule has 1 fully saturated rings. The molecule has 0 saturated carbocycles. The van der Waals surface area contributed by atoms with Gasteiger partial charge in [-0.1, -0.05) is 6.07 Å². The van der Waals surface area contributed by atoms with Crippen LogP contribution in [0, 0.1) is 0 Å². The number of benzene rings is 1. The van der Waals surface area contributed by atoms with Crippen molar-refractivity contribution in [2.45, 2.75) is 18.9 Å². The highest BCUT2D eigenvalue weighted by Gasteiger charge is 2.31. The van der Waals surface area contributed by atoms with E-state index in [0.29, 0.717) is 0 Å². The first-order chi connectivity index (χ1) is 10.7. The Labute approximate surface area is 128 Å². The van der Waals surface area contributed by atoms with E-state index in [9.17, 15) is 4.79 Å². The number of carbonyl (C=O) groups excluding carboxylic acids is 1. The lowest BCUT2D eigenvalue weighted by atomic mass is 10.1. The second-order valence-electron chi connectivity index (χ2n) is 5.88. The minimum absolute atomic E-state index is 0.0999. The van der Waals surface area contributed by atoms with Gasteiger partial charge in [-0.05, 0) is 36.4 Å². The van der Waals surface area contributed by atoms with Gasteiger partial charge in [0.05, 0.1) is 12.2 Å². The molecule has 0 aliphatic carbocycles. The molecule has 1 aliphatic rings. The van der Waals surface area contributed by atoms with Crippen LogP contribution in [0.3, 0.4) is 0 Å². The van der Waals surface area contributed by atoms with Crippen LogP contribution < -0.4 is 0 Å². The van der Waals surface area contributed by atoms with Crippen molar-refractivity contribution in [1.82, 2.24) is 19.7 Å². The number of carbonyl (C=O) groups is 1. The molecule has 0 radical (unpaired) electrons. The molecule has 0 bridgehead atoms. The van der Waals surface area contributed by atoms with Gasteiger partial charge in [0, 0.05) is 42.6 Å². The lowest BCUT2D eigenvalue weighted by Gasteiger charge is -2.24. The van der Waals surface area contributed by atoms with Gasteiger partial charge in [-0.3, -0.25) is 9.48 Å². The van der Waals surface area contributed by atoms with E-state index in [1.807, 2.05) is 54.8 Å². The first-order valence-electron chi connectivity index (χ1n) is 7.59. The zero-order valence-corrected chi connectivity index (χ0v) is 12.5. The Morgan fingerprint density at radius 3 is 3.09 bits per heavy atom. The summed E-state index contributed by atoms with van der Waals surface area (Å²) < 4.78 is 1.79. The normalized spacial score (nSPS) is 18.2. The summed E-state index contributed by atoms with van der Waals surface area (Å²) in [4.78, 5) is 18.0. The number of fused-ring (bicyclic) bond motifs is 1. The van der Waals surface area contributed by atoms with E-state index < -0.39 is 0 Å². The lowest BCUT2D eigenvalue weighted by Crippen LogP contribution is -2.30. The van der Waals surface area contributed by atoms with Gasteiger partial charge >= 0.3 is 0 Å². The minimum atomic E-state index is 0.0999. The lowest BCUT2D eigenvalue weighted by molar-refractivity contribution is 0.0736. The average Bonchev–Trinajstić information content (AvgIpc) is 3.25. The molecule has 1 amide bonds. The van der Waals surface area contributed by atoms with Crippen molar-refractivity contribution in [2.24, 2.45) is 7.05 Å². The van der Waals surface area contributed by atoms with Crippen molar-refractivity contribution < 1.29 is 4.79 Å². The van der Waals surface area contributed by atoms with Crippen LogP contribution in [0.15, 0.2) is 42.9 Å². The fourth-order valence-electron chi connectivity index (χ4n) is 3.32. The van der Waals surface area contributed by atoms with Gasteiger partial charge in [0.1, 0.15) is 0 Å². The molecule has 4 rings (SSSR count). The number of hydrogen-bond acceptors (Lipinski definition) is 2. The molecule has 112 valence electrons. The molecule has 1 N–H and O–H groups in total. The molecule has 3 aromatic rings. The van der Waals surface area contributed by atoms with E-state index in [-0.39, 0.29) is 11.9 Å². The topological polar surface area (TPSA) is 53.9 Å². The average molecular weight is 294 g/mol. The predicted molar refractivity (Wildman–Crippen MR) is 84.5 cm³/mol. The number of likely N-dealkylation sites (tertiary alicyclic amines) is 1. The third-order valence-corrected chi connectivity index (χ3v) is 4.43. The summed E-state index contributed by atoms with van der Waals surface area (Å²) in [7, 11) is 1.91. The molecule has 1 unspecified atom stereocenters. The molecule has 3 heterocycles. The SMILES string of the molecule is Cn1cc(C2CCCN2C(=O)c2ccc3cc[nH]c3c2)cn1. The maximum Gasteiger partial charge on any atom is 0.254 e. The minimum Gasteiger partial charge on any atom is -0.361 e. The Bertz CT molecular complexity index is 832. The van der Waals surface area contributed by atoms with Crippen LogP contribution in [-0.4, -0.2) is 32.1 Å². The molecule has 22 heavy (non-hydrogen) atoms. The van der Waals surface area contributed by atoms with E-state index in [0.717, 1.165) is 41.4 Å². The van der Waals surface area contributed by atoms with Crippen LogP contribution in [0.4, 0.5) is 0 Å². The van der Waals surface area contributed by atoms with Crippen molar-refractivity contribution in [1.29, 1.82) is 0 Å². The van der Waals surface area contributed by atoms with Crippen LogP contribution in [0.25, 0.3) is 10.9 Å². The van der Waals surface area contributed by atoms with Gasteiger partial charge in [0.25, 0.3) is 5.91 Å². The number of aryl methyl sites for hydroxylation is 1. The third kappa shape index (κ3) is 2.09. The zero-order chi connectivity index (χ0) is 15.1. The molecule has 5 heteroatoms. The molecule has 1 aliphatic heterocycles. The highest BCUT2D eigenvalue weighted by atomic mass is 16.2. The molecule has 1 saturated heterocycles. The number of nitrogens with one attached hydrogen (secondary N) is 1. The first kappa shape index (κ1) is 13.1. The van der Waals surface area contributed by atoms with Crippen LogP contribution in [0.5, 0.6) is 0 Å². The van der Waals surface area contributed by atoms with E-state index in [1.54, 1.807) is 4.68 Å². The van der Waals surface area contributed by atoms with E-state index in [4.69, 9.17) is 0 Å². The van der Waals surface area contributed by atoms with Gasteiger partial charge in [0.15, 0.2) is 0 Å². The molecule has 2 aromatic heterocycles. The second-order valence-corrected chi connectivity index (χ2v) is 5.88. The summed E-state index contributed by atoms with van der Waals surface area (Å²) in [5, 5.41) is 5.36. The van der Waals surface area contributed by atoms with E-state index in [1.165, 1.54) is 0 Å². The summed E-state index contributed by atoms with van der Waals surface area (Å²) in [6.07, 6.45) is 7.81. The number of hydrogen-bond donors (Lipinski definition) is 1. The summed E-state index contributed by atoms with van der Waals surface area (Å²) in [5.74, 6) is 0.0999. The van der Waals surface area contributed by atoms with Crippen LogP contribution >= 0.6 is 0 Å². The maximum absolute atomic E-state index is 12.9. The van der Waals surface area contributed by atoms with Gasteiger partial charge < -0.3 is 9.88 Å². The highest BCUT2D eigenvalue weighted by Crippen LogP contribution is 2.33. The number of aromatic amines is 1. The Kier molecular flexibility index (Phi) is 2.99. The molecule has 1 aromatic carbocycles. The van der Waals surface area contributed by atoms with Gasteiger partial charge in [-0.15, -0.1) is 0 Å².